The summed E-state index contributed by atoms with van der Waals surface area (Å²) in [4.78, 5) is 11.6. The van der Waals surface area contributed by atoms with E-state index in [1.54, 1.807) is 0 Å². The van der Waals surface area contributed by atoms with Gasteiger partial charge in [-0.1, -0.05) is 59.3 Å². The summed E-state index contributed by atoms with van der Waals surface area (Å²) in [6.07, 6.45) is 3.40. The smallest absolute Gasteiger partial charge is 0.674 e. The van der Waals surface area contributed by atoms with Gasteiger partial charge in [-0.25, -0.2) is 0 Å². The van der Waals surface area contributed by atoms with Crippen LogP contribution in [0.25, 0.3) is 11.1 Å². The van der Waals surface area contributed by atoms with E-state index in [1.165, 1.54) is 0 Å². The third-order valence-corrected chi connectivity index (χ3v) is 4.87. The zero-order valence-electron chi connectivity index (χ0n) is 11.1. The molecule has 0 spiro atoms. The molecule has 1 N–H and O–H groups in total. The summed E-state index contributed by atoms with van der Waals surface area (Å²) >= 11 is 3.52. The van der Waals surface area contributed by atoms with Crippen molar-refractivity contribution in [2.24, 2.45) is 0 Å². The van der Waals surface area contributed by atoms with Crippen molar-refractivity contribution >= 4 is 27.5 Å². The van der Waals surface area contributed by atoms with Crippen LogP contribution in [0.4, 0.5) is 5.69 Å². The summed E-state index contributed by atoms with van der Waals surface area (Å²) in [6, 6.07) is 3.94. The van der Waals surface area contributed by atoms with Crippen molar-refractivity contribution in [2.75, 3.05) is 0 Å². The fourth-order valence-corrected chi connectivity index (χ4v) is 2.81. The average Bonchev–Trinajstić information content (AvgIpc) is 2.75. The molecule has 0 saturated heterocycles. The Kier molecular flexibility index (Phi) is 5.63. The molecule has 1 aliphatic carbocycles. The predicted octanol–water partition coefficient (Wildman–Crippen LogP) is 4.96. The van der Waals surface area contributed by atoms with E-state index in [0.717, 1.165) is 34.1 Å². The van der Waals surface area contributed by atoms with Gasteiger partial charge in [0.2, 0.25) is 0 Å². The van der Waals surface area contributed by atoms with Crippen molar-refractivity contribution in [3.05, 3.63) is 38.8 Å². The van der Waals surface area contributed by atoms with Crippen LogP contribution in [0.5, 0.6) is 0 Å². The molecule has 1 aromatic rings. The van der Waals surface area contributed by atoms with Crippen molar-refractivity contribution in [2.45, 2.75) is 45.1 Å². The van der Waals surface area contributed by atoms with Crippen molar-refractivity contribution in [1.29, 1.82) is 0 Å². The van der Waals surface area contributed by atoms with Crippen LogP contribution < -0.4 is 0 Å². The third-order valence-electron chi connectivity index (χ3n) is 3.62. The number of nitrogens with one attached hydrogen (secondary N) is 1. The molecule has 0 unspecified atom stereocenters. The van der Waals surface area contributed by atoms with E-state index in [0.29, 0.717) is 12.8 Å². The molecule has 102 valence electrons. The number of nitrogens with zero attached hydrogens (tertiary/aromatic N) is 1. The quantitative estimate of drug-likeness (QED) is 0.588. The van der Waals surface area contributed by atoms with Gasteiger partial charge in [0.1, 0.15) is 0 Å². The van der Waals surface area contributed by atoms with Crippen molar-refractivity contribution in [3.63, 3.8) is 0 Å². The number of aryl methyl sites for hydroxylation is 2. The summed E-state index contributed by atoms with van der Waals surface area (Å²) < 4.78 is 1.08. The van der Waals surface area contributed by atoms with Gasteiger partial charge in [-0.05, 0) is 25.0 Å². The molecule has 1 aliphatic rings. The first-order valence-corrected chi connectivity index (χ1v) is 7.00. The minimum Gasteiger partial charge on any atom is -0.674 e. The molecule has 5 heteroatoms. The van der Waals surface area contributed by atoms with E-state index in [4.69, 9.17) is 5.73 Å². The maximum atomic E-state index is 11.6. The SMILES string of the molecule is Cc1cc([N-]C2(C([NH-])=O)CCCC2)cc(C)c1Br.[W+2]. The zero-order valence-corrected chi connectivity index (χ0v) is 15.6. The van der Waals surface area contributed by atoms with Crippen molar-refractivity contribution in [1.82, 2.24) is 0 Å². The molecular formula is C14H17BrN2OW. The number of hydrogen-bond donors (Lipinski definition) is 0. The third kappa shape index (κ3) is 3.41. The fourth-order valence-electron chi connectivity index (χ4n) is 2.58. The molecular weight excluding hydrogens is 476 g/mol. The van der Waals surface area contributed by atoms with Crippen LogP contribution in [-0.4, -0.2) is 11.4 Å². The summed E-state index contributed by atoms with van der Waals surface area (Å²) in [5.74, 6) is -0.543. The number of benzene rings is 1. The second kappa shape index (κ2) is 6.41. The number of halogens is 1. The molecule has 2 rings (SSSR count). The summed E-state index contributed by atoms with van der Waals surface area (Å²) in [6.45, 7) is 4.03. The normalized spacial score (nSPS) is 16.8. The van der Waals surface area contributed by atoms with Gasteiger partial charge in [0.25, 0.3) is 0 Å². The molecule has 0 aromatic heterocycles. The molecule has 19 heavy (non-hydrogen) atoms. The van der Waals surface area contributed by atoms with Gasteiger partial charge in [-0.3, -0.25) is 0 Å². The summed E-state index contributed by atoms with van der Waals surface area (Å²) in [7, 11) is 0. The zero-order chi connectivity index (χ0) is 13.3. The van der Waals surface area contributed by atoms with Crippen LogP contribution in [-0.2, 0) is 25.9 Å². The van der Waals surface area contributed by atoms with Crippen LogP contribution in [0, 0.1) is 13.8 Å². The molecule has 3 nitrogen and oxygen atoms in total. The number of carbonyl (C=O) groups is 1. The molecule has 0 heterocycles. The number of hydrogen-bond acceptors (Lipinski definition) is 1. The second-order valence-electron chi connectivity index (χ2n) is 5.07. The number of carbonyl (C=O) groups excluding carboxylic acids is 1. The van der Waals surface area contributed by atoms with E-state index in [9.17, 15) is 4.79 Å². The van der Waals surface area contributed by atoms with Gasteiger partial charge in [-0.15, -0.1) is 5.69 Å². The van der Waals surface area contributed by atoms with Crippen LogP contribution in [0.1, 0.15) is 36.8 Å². The van der Waals surface area contributed by atoms with E-state index in [2.05, 4.69) is 21.2 Å². The first kappa shape index (κ1) is 16.7. The predicted molar refractivity (Wildman–Crippen MR) is 77.2 cm³/mol. The van der Waals surface area contributed by atoms with E-state index >= 15 is 0 Å². The van der Waals surface area contributed by atoms with Gasteiger partial charge in [-0.2, -0.15) is 0 Å². The number of rotatable bonds is 3. The minimum atomic E-state index is -0.785. The molecule has 0 aliphatic heterocycles. The second-order valence-corrected chi connectivity index (χ2v) is 5.87. The maximum Gasteiger partial charge on any atom is 2.00 e. The van der Waals surface area contributed by atoms with Gasteiger partial charge >= 0.3 is 21.1 Å². The Morgan fingerprint density at radius 1 is 1.26 bits per heavy atom. The average molecular weight is 493 g/mol. The first-order chi connectivity index (χ1) is 8.44. The Morgan fingerprint density at radius 3 is 2.16 bits per heavy atom. The molecule has 0 atom stereocenters. The molecule has 1 amide bonds. The van der Waals surface area contributed by atoms with Crippen LogP contribution >= 0.6 is 15.9 Å². The molecule has 1 aromatic carbocycles. The van der Waals surface area contributed by atoms with Crippen LogP contribution in [0.3, 0.4) is 0 Å². The fraction of sp³-hybridized carbons (Fsp3) is 0.500. The Balaban J connectivity index is 0.00000180. The summed E-state index contributed by atoms with van der Waals surface area (Å²) in [5.41, 5.74) is 9.73. The van der Waals surface area contributed by atoms with Crippen molar-refractivity contribution in [3.8, 4) is 0 Å². The molecule has 1 saturated carbocycles. The summed E-state index contributed by atoms with van der Waals surface area (Å²) in [5, 5.41) is 4.59. The van der Waals surface area contributed by atoms with Gasteiger partial charge in [0.15, 0.2) is 0 Å². The maximum absolute atomic E-state index is 11.6. The Morgan fingerprint density at radius 2 is 1.74 bits per heavy atom. The Hall–Kier alpha value is -0.342. The van der Waals surface area contributed by atoms with Crippen LogP contribution in [0.2, 0.25) is 0 Å². The molecule has 1 fully saturated rings. The monoisotopic (exact) mass is 492 g/mol. The largest absolute Gasteiger partial charge is 2.00 e. The topological polar surface area (TPSA) is 55.0 Å². The van der Waals surface area contributed by atoms with Gasteiger partial charge in [0.05, 0.1) is 0 Å². The van der Waals surface area contributed by atoms with E-state index < -0.39 is 11.4 Å². The Labute approximate surface area is 137 Å². The molecule has 0 bridgehead atoms. The van der Waals surface area contributed by atoms with Crippen molar-refractivity contribution < 1.29 is 25.9 Å². The van der Waals surface area contributed by atoms with E-state index in [1.807, 2.05) is 26.0 Å². The number of amides is 1. The minimum absolute atomic E-state index is 0. The van der Waals surface area contributed by atoms with Gasteiger partial charge < -0.3 is 15.8 Å². The van der Waals surface area contributed by atoms with Crippen LogP contribution in [0.15, 0.2) is 16.6 Å². The first-order valence-electron chi connectivity index (χ1n) is 6.20. The van der Waals surface area contributed by atoms with E-state index in [-0.39, 0.29) is 21.1 Å². The molecule has 0 radical (unpaired) electrons. The standard InChI is InChI=1S/C14H18BrN2O.W/c1-9-7-11(8-10(2)12(9)15)17-14(13(16)18)5-3-4-6-14;/h7-8H,3-6H2,1-2H3,(H2,16,18);/q-1;+2/p-1. The Bertz CT molecular complexity index is 461. The van der Waals surface area contributed by atoms with Gasteiger partial charge in [0, 0.05) is 10.4 Å².